The van der Waals surface area contributed by atoms with Gasteiger partial charge in [0.1, 0.15) is 0 Å². The molecule has 0 bridgehead atoms. The number of carbonyl (C=O) groups is 2. The van der Waals surface area contributed by atoms with Gasteiger partial charge in [-0.3, -0.25) is 17.4 Å². The molecule has 0 rings (SSSR count). The summed E-state index contributed by atoms with van der Waals surface area (Å²) in [4.78, 5) is 22.9. The molecule has 0 N–H and O–H groups in total. The van der Waals surface area contributed by atoms with Gasteiger partial charge in [-0.05, 0) is 41.5 Å². The lowest BCUT2D eigenvalue weighted by molar-refractivity contribution is -0.949. The lowest BCUT2D eigenvalue weighted by Crippen LogP contribution is -2.53. The van der Waals surface area contributed by atoms with Gasteiger partial charge in [0.2, 0.25) is 12.5 Å². The molecule has 0 spiro atoms. The molecule has 0 aromatic carbocycles. The summed E-state index contributed by atoms with van der Waals surface area (Å²) < 4.78 is 46.5. The third-order valence-corrected chi connectivity index (χ3v) is 6.16. The van der Waals surface area contributed by atoms with E-state index in [2.05, 4.69) is 54.9 Å². The van der Waals surface area contributed by atoms with Crippen LogP contribution >= 0.6 is 0 Å². The highest BCUT2D eigenvalue weighted by molar-refractivity contribution is 7.79. The molecule has 35 heavy (non-hydrogen) atoms. The van der Waals surface area contributed by atoms with E-state index in [4.69, 9.17) is 27.0 Å². The molecule has 0 radical (unpaired) electrons. The van der Waals surface area contributed by atoms with Gasteiger partial charge in [0.15, 0.2) is 0 Å². The molecule has 0 aromatic rings. The number of esters is 2. The van der Waals surface area contributed by atoms with Crippen LogP contribution in [0.4, 0.5) is 0 Å². The first kappa shape index (κ1) is 37.8. The van der Waals surface area contributed by atoms with E-state index in [1.54, 1.807) is 13.8 Å². The van der Waals surface area contributed by atoms with Crippen molar-refractivity contribution in [1.29, 1.82) is 0 Å². The first-order valence-corrected chi connectivity index (χ1v) is 13.2. The van der Waals surface area contributed by atoms with Crippen molar-refractivity contribution < 1.29 is 45.6 Å². The van der Waals surface area contributed by atoms with Gasteiger partial charge >= 0.3 is 11.9 Å². The summed E-state index contributed by atoms with van der Waals surface area (Å²) in [6.45, 7) is 26.9. The largest absolute Gasteiger partial charge is 0.759 e. The van der Waals surface area contributed by atoms with Crippen molar-refractivity contribution in [2.24, 2.45) is 0 Å². The second-order valence-corrected chi connectivity index (χ2v) is 9.55. The van der Waals surface area contributed by atoms with Crippen molar-refractivity contribution in [2.75, 3.05) is 40.3 Å². The van der Waals surface area contributed by atoms with E-state index in [1.807, 2.05) is 13.8 Å². The van der Waals surface area contributed by atoms with Crippen LogP contribution in [0.3, 0.4) is 0 Å². The van der Waals surface area contributed by atoms with Gasteiger partial charge in [0.05, 0.1) is 40.3 Å². The normalized spacial score (nSPS) is 13.1. The Balaban J connectivity index is -0.000000491. The molecular weight excluding hydrogens is 476 g/mol. The third kappa shape index (κ3) is 16.5. The Morgan fingerprint density at radius 3 is 1.03 bits per heavy atom. The molecule has 0 fully saturated rings. The maximum Gasteiger partial charge on any atom is 0.337 e. The van der Waals surface area contributed by atoms with Gasteiger partial charge in [0.25, 0.3) is 0 Å². The van der Waals surface area contributed by atoms with Crippen molar-refractivity contribution in [3.8, 4) is 0 Å². The van der Waals surface area contributed by atoms with Gasteiger partial charge in [-0.1, -0.05) is 27.0 Å². The average molecular weight is 525 g/mol. The molecule has 10 nitrogen and oxygen atoms in total. The van der Waals surface area contributed by atoms with Crippen molar-refractivity contribution in [1.82, 2.24) is 0 Å². The van der Waals surface area contributed by atoms with E-state index in [0.717, 1.165) is 48.0 Å². The minimum atomic E-state index is -5.17. The van der Waals surface area contributed by atoms with E-state index in [-0.39, 0.29) is 24.4 Å². The maximum atomic E-state index is 11.5. The SMILES string of the molecule is C=C(C)C(=O)OC(CC)[N+](C)(CC)CC.C=C(C)C(=O)OC(CC)[N+](C)(CC)CC.O=S(=O)([O-])[O-]. The van der Waals surface area contributed by atoms with Crippen LogP contribution in [0.25, 0.3) is 0 Å². The predicted molar refractivity (Wildman–Crippen MR) is 135 cm³/mol. The molecule has 2 atom stereocenters. The monoisotopic (exact) mass is 524 g/mol. The number of hydrogen-bond acceptors (Lipinski definition) is 8. The second-order valence-electron chi connectivity index (χ2n) is 8.73. The van der Waals surface area contributed by atoms with Gasteiger partial charge in [-0.2, -0.15) is 0 Å². The van der Waals surface area contributed by atoms with Crippen LogP contribution < -0.4 is 0 Å². The molecule has 0 aliphatic carbocycles. The van der Waals surface area contributed by atoms with Crippen LogP contribution in [-0.4, -0.2) is 91.2 Å². The first-order valence-electron chi connectivity index (χ1n) is 11.9. The number of nitrogens with zero attached hydrogens (tertiary/aromatic N) is 2. The van der Waals surface area contributed by atoms with E-state index in [1.165, 1.54) is 0 Å². The van der Waals surface area contributed by atoms with Crippen LogP contribution in [0.2, 0.25) is 0 Å². The molecule has 0 saturated heterocycles. The zero-order chi connectivity index (χ0) is 28.6. The fourth-order valence-electron chi connectivity index (χ4n) is 3.01. The number of rotatable bonds is 12. The first-order chi connectivity index (χ1) is 15.8. The Morgan fingerprint density at radius 2 is 0.914 bits per heavy atom. The van der Waals surface area contributed by atoms with E-state index in [0.29, 0.717) is 11.1 Å². The Bertz CT molecular complexity index is 714. The summed E-state index contributed by atoms with van der Waals surface area (Å²) in [6.07, 6.45) is 1.53. The van der Waals surface area contributed by atoms with Crippen molar-refractivity contribution in [3.05, 3.63) is 24.3 Å². The smallest absolute Gasteiger partial charge is 0.337 e. The van der Waals surface area contributed by atoms with E-state index >= 15 is 0 Å². The summed E-state index contributed by atoms with van der Waals surface area (Å²) in [7, 11) is -0.945. The molecular formula is C24H48N2O8S. The van der Waals surface area contributed by atoms with Crippen molar-refractivity contribution in [3.63, 3.8) is 0 Å². The van der Waals surface area contributed by atoms with Gasteiger partial charge < -0.3 is 18.6 Å². The van der Waals surface area contributed by atoms with Crippen LogP contribution in [-0.2, 0) is 29.5 Å². The maximum absolute atomic E-state index is 11.5. The van der Waals surface area contributed by atoms with Crippen LogP contribution in [0.15, 0.2) is 24.3 Å². The van der Waals surface area contributed by atoms with Gasteiger partial charge in [-0.25, -0.2) is 9.59 Å². The van der Waals surface area contributed by atoms with Gasteiger partial charge in [-0.15, -0.1) is 0 Å². The van der Waals surface area contributed by atoms with Crippen LogP contribution in [0.1, 0.15) is 68.2 Å². The molecule has 0 aliphatic heterocycles. The molecule has 208 valence electrons. The van der Waals surface area contributed by atoms with E-state index < -0.39 is 10.4 Å². The minimum absolute atomic E-state index is 0.0656. The highest BCUT2D eigenvalue weighted by atomic mass is 32.3. The highest BCUT2D eigenvalue weighted by Gasteiger charge is 2.32. The number of ether oxygens (including phenoxy) is 2. The number of hydrogen-bond donors (Lipinski definition) is 0. The summed E-state index contributed by atoms with van der Waals surface area (Å²) in [5.74, 6) is -0.568. The molecule has 0 saturated carbocycles. The Kier molecular flexibility index (Phi) is 19.0. The summed E-state index contributed by atoms with van der Waals surface area (Å²) in [5.41, 5.74) is 0.930. The zero-order valence-electron chi connectivity index (χ0n) is 23.4. The minimum Gasteiger partial charge on any atom is -0.759 e. The van der Waals surface area contributed by atoms with Crippen LogP contribution in [0, 0.1) is 0 Å². The summed E-state index contributed by atoms with van der Waals surface area (Å²) >= 11 is 0. The lowest BCUT2D eigenvalue weighted by Gasteiger charge is -2.38. The zero-order valence-corrected chi connectivity index (χ0v) is 24.2. The van der Waals surface area contributed by atoms with E-state index in [9.17, 15) is 9.59 Å². The molecule has 11 heteroatoms. The topological polar surface area (TPSA) is 133 Å². The lowest BCUT2D eigenvalue weighted by atomic mass is 10.3. The fraction of sp³-hybridized carbons (Fsp3) is 0.750. The molecule has 0 aliphatic rings. The second kappa shape index (κ2) is 17.6. The van der Waals surface area contributed by atoms with Crippen molar-refractivity contribution in [2.45, 2.75) is 80.7 Å². The molecule has 0 amide bonds. The van der Waals surface area contributed by atoms with Crippen LogP contribution in [0.5, 0.6) is 0 Å². The number of quaternary nitrogens is 2. The predicted octanol–water partition coefficient (Wildman–Crippen LogP) is 3.32. The van der Waals surface area contributed by atoms with Crippen molar-refractivity contribution >= 4 is 22.3 Å². The average Bonchev–Trinajstić information content (AvgIpc) is 2.78. The Hall–Kier alpha value is -1.79. The standard InChI is InChI=1S/2C12H24NO2.H2O4S/c2*1-7-11(13(6,8-2)9-3)15-12(14)10(4)5;1-5(2,3)4/h2*11H,4,7-9H2,1-3,5-6H3;(H2,1,2,3,4)/q2*+1;/p-2. The third-order valence-electron chi connectivity index (χ3n) is 6.16. The Labute approximate surface area is 213 Å². The quantitative estimate of drug-likeness (QED) is 0.0948. The Morgan fingerprint density at radius 1 is 0.714 bits per heavy atom. The summed E-state index contributed by atoms with van der Waals surface area (Å²) in [5, 5.41) is 0. The molecule has 0 aromatic heterocycles. The highest BCUT2D eigenvalue weighted by Crippen LogP contribution is 2.17. The molecule has 2 unspecified atom stereocenters. The van der Waals surface area contributed by atoms with Gasteiger partial charge in [0, 0.05) is 34.4 Å². The number of carbonyl (C=O) groups excluding carboxylic acids is 2. The fourth-order valence-corrected chi connectivity index (χ4v) is 3.01. The molecule has 0 heterocycles. The summed E-state index contributed by atoms with van der Waals surface area (Å²) in [6, 6.07) is 0.